The number of anilines is 4. The molecule has 5 heterocycles. The van der Waals surface area contributed by atoms with Crippen molar-refractivity contribution in [2.45, 2.75) is 107 Å². The number of carboxylic acids is 1. The third kappa shape index (κ3) is 16.2. The van der Waals surface area contributed by atoms with Gasteiger partial charge in [-0.15, -0.1) is 0 Å². The van der Waals surface area contributed by atoms with Crippen molar-refractivity contribution in [1.29, 1.82) is 0 Å². The van der Waals surface area contributed by atoms with Crippen LogP contribution >= 0.6 is 11.3 Å². The number of aromatic nitrogens is 1. The van der Waals surface area contributed by atoms with Crippen LogP contribution in [-0.2, 0) is 47.3 Å². The standard InChI is InChI=1S/C26H24FNO3.C26H22N2O3.C26H25NO5.C22H19NO3S.3H2/c1-16-3-6-20(15-21(16)17-4-7-24(30-2)22(27)14-17)28-25(29)26(10-11-26)19-5-8-23-18(13-19)9-12-31-23;1-16-2-6-20(14-21(16)18-4-3-17-8-11-27-22(17)12-18)28-25(29)26(9-10-26)19-5-7-23-24(13-19)31-15-30-23;1-16-4-8-19(15-21(16)22-14-17(24(28)29)5-11-23(22)32-3)27-25(30)26(12-13-26)18-6-9-20(31-2)10-7-18;1-14-2-4-17(11-18(14)15-6-9-27-12-15)23-21(24)22(7-8-22)16-3-5-19-20(10-16)26-13-25-19;;;/h3-8,13-15H,9-12H2,1-2H3,(H,28,29);2-8,11-14,27H,9-10,15H2,1H3,(H,28,29);4-11,14-15H,12-13H2,1-3H3,(H,27,30)(H,28,29);2-6,9-12H,7-8,13H2,1H3,(H,23,24);3*1H. The van der Waals surface area contributed by atoms with E-state index in [1.165, 1.54) is 46.9 Å². The van der Waals surface area contributed by atoms with Gasteiger partial charge in [-0.2, -0.15) is 11.3 Å². The van der Waals surface area contributed by atoms with E-state index >= 15 is 0 Å². The van der Waals surface area contributed by atoms with Crippen molar-refractivity contribution < 1.29 is 75.6 Å². The highest BCUT2D eigenvalue weighted by atomic mass is 32.1. The number of fused-ring (bicyclic) bond motifs is 4. The number of amides is 4. The monoisotopic (exact) mass is 1640 g/mol. The highest BCUT2D eigenvalue weighted by molar-refractivity contribution is 7.08. The van der Waals surface area contributed by atoms with Crippen LogP contribution in [0.4, 0.5) is 27.1 Å². The summed E-state index contributed by atoms with van der Waals surface area (Å²) < 4.78 is 57.3. The first-order chi connectivity index (χ1) is 58.6. The lowest BCUT2D eigenvalue weighted by Crippen LogP contribution is -2.27. The number of nitrogens with one attached hydrogen (secondary N) is 5. The molecule has 0 saturated heterocycles. The number of methoxy groups -OCH3 is 3. The Morgan fingerprint density at radius 3 is 1.34 bits per heavy atom. The van der Waals surface area contributed by atoms with Gasteiger partial charge >= 0.3 is 5.97 Å². The molecule has 20 rings (SSSR count). The molecule has 0 spiro atoms. The Kier molecular flexibility index (Phi) is 21.7. The van der Waals surface area contributed by atoms with Gasteiger partial charge in [0.15, 0.2) is 34.6 Å². The number of halogens is 1. The van der Waals surface area contributed by atoms with Crippen LogP contribution in [0.15, 0.2) is 235 Å². The van der Waals surface area contributed by atoms with E-state index in [1.807, 2.05) is 147 Å². The third-order valence-corrected chi connectivity index (χ3v) is 25.0. The predicted octanol–water partition coefficient (Wildman–Crippen LogP) is 21.9. The summed E-state index contributed by atoms with van der Waals surface area (Å²) in [4.78, 5) is 67.6. The van der Waals surface area contributed by atoms with E-state index in [0.717, 1.165) is 170 Å². The average molecular weight is 1640 g/mol. The zero-order valence-electron chi connectivity index (χ0n) is 68.0. The third-order valence-electron chi connectivity index (χ3n) is 24.4. The Bertz CT molecular complexity index is 6240. The van der Waals surface area contributed by atoms with E-state index in [-0.39, 0.29) is 52.8 Å². The summed E-state index contributed by atoms with van der Waals surface area (Å²) in [6, 6.07) is 69.1. The lowest BCUT2D eigenvalue weighted by Gasteiger charge is -2.18. The normalized spacial score (nSPS) is 15.3. The smallest absolute Gasteiger partial charge is 0.335 e. The molecule has 0 unspecified atom stereocenters. The molecule has 4 aliphatic carbocycles. The largest absolute Gasteiger partial charge is 0.497 e. The van der Waals surface area contributed by atoms with Crippen LogP contribution in [0.3, 0.4) is 0 Å². The summed E-state index contributed by atoms with van der Waals surface area (Å²) in [5.41, 5.74) is 19.5. The lowest BCUT2D eigenvalue weighted by atomic mass is 9.92. The predicted molar refractivity (Wildman–Crippen MR) is 474 cm³/mol. The number of H-pyrrole nitrogens is 1. The fraction of sp³-hybridized carbons (Fsp3) is 0.230. The summed E-state index contributed by atoms with van der Waals surface area (Å²) in [5.74, 6) is 3.98. The van der Waals surface area contributed by atoms with Crippen molar-refractivity contribution >= 4 is 74.6 Å². The first kappa shape index (κ1) is 79.8. The highest BCUT2D eigenvalue weighted by Crippen LogP contribution is 2.55. The van der Waals surface area contributed by atoms with Crippen LogP contribution in [0.5, 0.6) is 46.0 Å². The Morgan fingerprint density at radius 1 is 0.413 bits per heavy atom. The molecular formula is C100H96FN5O14S. The van der Waals surface area contributed by atoms with Gasteiger partial charge in [0, 0.05) is 50.7 Å². The second-order valence-corrected chi connectivity index (χ2v) is 32.7. The maximum atomic E-state index is 14.2. The number of carboxylic acid groups (broad SMARTS) is 1. The van der Waals surface area contributed by atoms with E-state index in [2.05, 4.69) is 112 Å². The molecule has 4 fully saturated rings. The van der Waals surface area contributed by atoms with E-state index in [9.17, 15) is 33.5 Å². The first-order valence-corrected chi connectivity index (χ1v) is 41.4. The summed E-state index contributed by atoms with van der Waals surface area (Å²) in [5, 5.41) is 27.2. The molecule has 13 aromatic rings. The Labute approximate surface area is 708 Å². The molecule has 121 heavy (non-hydrogen) atoms. The number of aromatic amines is 1. The fourth-order valence-corrected chi connectivity index (χ4v) is 17.1. The molecule has 4 saturated carbocycles. The molecule has 19 nitrogen and oxygen atoms in total. The number of carbonyl (C=O) groups is 5. The van der Waals surface area contributed by atoms with Crippen molar-refractivity contribution in [1.82, 2.24) is 4.98 Å². The van der Waals surface area contributed by atoms with Gasteiger partial charge in [-0.3, -0.25) is 19.2 Å². The number of hydrogen-bond acceptors (Lipinski definition) is 14. The number of carbonyl (C=O) groups excluding carboxylic acids is 4. The summed E-state index contributed by atoms with van der Waals surface area (Å²) >= 11 is 1.67. The molecule has 6 N–H and O–H groups in total. The van der Waals surface area contributed by atoms with Crippen LogP contribution in [0.2, 0.25) is 0 Å². The molecule has 7 aliphatic rings. The number of aromatic carboxylic acids is 1. The van der Waals surface area contributed by atoms with Crippen LogP contribution in [0.25, 0.3) is 55.4 Å². The van der Waals surface area contributed by atoms with Gasteiger partial charge in [0.05, 0.1) is 55.2 Å². The quantitative estimate of drug-likeness (QED) is 0.0416. The Morgan fingerprint density at radius 2 is 0.860 bits per heavy atom. The summed E-state index contributed by atoms with van der Waals surface area (Å²) in [6.07, 6.45) is 9.45. The highest BCUT2D eigenvalue weighted by Gasteiger charge is 2.55. The zero-order valence-corrected chi connectivity index (χ0v) is 68.9. The average Bonchev–Trinajstić information content (AvgIpc) is 1.60. The van der Waals surface area contributed by atoms with Crippen molar-refractivity contribution in [2.75, 3.05) is 62.8 Å². The minimum absolute atomic E-state index is 0. The van der Waals surface area contributed by atoms with E-state index < -0.39 is 33.4 Å². The second kappa shape index (κ2) is 32.9. The van der Waals surface area contributed by atoms with Crippen molar-refractivity contribution in [3.05, 3.63) is 297 Å². The molecule has 11 aromatic carbocycles. The fourth-order valence-electron chi connectivity index (χ4n) is 16.4. The van der Waals surface area contributed by atoms with Crippen LogP contribution in [0, 0.1) is 33.5 Å². The van der Waals surface area contributed by atoms with Gasteiger partial charge < -0.3 is 69.3 Å². The molecule has 618 valence electrons. The van der Waals surface area contributed by atoms with Gasteiger partial charge in [0.25, 0.3) is 0 Å². The van der Waals surface area contributed by atoms with Crippen LogP contribution in [0.1, 0.15) is 116 Å². The van der Waals surface area contributed by atoms with Crippen LogP contribution < -0.4 is 59.2 Å². The number of rotatable bonds is 20. The molecule has 3 aliphatic heterocycles. The van der Waals surface area contributed by atoms with Gasteiger partial charge in [-0.05, 0) is 324 Å². The van der Waals surface area contributed by atoms with Crippen molar-refractivity contribution in [3.8, 4) is 90.5 Å². The molecule has 2 aromatic heterocycles. The molecule has 0 bridgehead atoms. The second-order valence-electron chi connectivity index (χ2n) is 31.9. The van der Waals surface area contributed by atoms with Crippen LogP contribution in [-0.4, -0.2) is 81.2 Å². The van der Waals surface area contributed by atoms with Crippen molar-refractivity contribution in [3.63, 3.8) is 0 Å². The Hall–Kier alpha value is -13.7. The Balaban J connectivity index is 0.000000134. The zero-order chi connectivity index (χ0) is 83.9. The topological polar surface area (TPSA) is 243 Å². The van der Waals surface area contributed by atoms with Gasteiger partial charge in [-0.25, -0.2) is 9.18 Å². The van der Waals surface area contributed by atoms with E-state index in [1.54, 1.807) is 43.8 Å². The SMILES string of the molecule is COc1ccc(-c2cc(NC(=O)C3(c4ccc5c(c4)CCO5)CC3)ccc2C)cc1F.COc1ccc(C2(C(=O)Nc3ccc(C)c(-c4cc(C(=O)O)ccc4OC)c3)CC2)cc1.Cc1ccc(NC(=O)C2(c3ccc4c(c3)OCO4)CC2)cc1-c1ccc2cc[nH]c2c1.Cc1ccc(NC(=O)C2(c3ccc4c(c3)OCO4)CC2)cc1-c1ccsc1.[HH].[HH].[HH]. The van der Waals surface area contributed by atoms with Gasteiger partial charge in [-0.1, -0.05) is 78.9 Å². The maximum Gasteiger partial charge on any atom is 0.335 e. The maximum absolute atomic E-state index is 14.2. The number of hydrogen-bond donors (Lipinski definition) is 6. The number of benzene rings is 11. The molecular weight excluding hydrogens is 1550 g/mol. The molecule has 0 radical (unpaired) electrons. The molecule has 4 amide bonds. The molecule has 0 atom stereocenters. The molecule has 21 heteroatoms. The minimum Gasteiger partial charge on any atom is -0.497 e. The van der Waals surface area contributed by atoms with E-state index in [4.69, 9.17) is 37.9 Å². The van der Waals surface area contributed by atoms with Gasteiger partial charge in [0.1, 0.15) is 17.2 Å². The first-order valence-electron chi connectivity index (χ1n) is 40.4. The number of ether oxygens (including phenoxy) is 8. The number of aryl methyl sites for hydroxylation is 4. The minimum atomic E-state index is -1.01. The summed E-state index contributed by atoms with van der Waals surface area (Å²) in [6.45, 7) is 9.27. The van der Waals surface area contributed by atoms with Crippen molar-refractivity contribution in [2.24, 2.45) is 0 Å². The van der Waals surface area contributed by atoms with Gasteiger partial charge in [0.2, 0.25) is 37.2 Å². The summed E-state index contributed by atoms with van der Waals surface area (Å²) in [7, 11) is 4.61. The lowest BCUT2D eigenvalue weighted by molar-refractivity contribution is -0.119. The number of thiophene rings is 1. The van der Waals surface area contributed by atoms with E-state index in [0.29, 0.717) is 35.0 Å².